The topological polar surface area (TPSA) is 0 Å². The smallest absolute Gasteiger partial charge is 1.00 e. The molecular formula is C41H38Cl8Zr. The van der Waals surface area contributed by atoms with Gasteiger partial charge < -0.3 is 24.8 Å². The second-order valence-corrected chi connectivity index (χ2v) is 25.4. The first kappa shape index (κ1) is 42.2. The van der Waals surface area contributed by atoms with Crippen molar-refractivity contribution in [2.75, 3.05) is 0 Å². The first-order valence-electron chi connectivity index (χ1n) is 16.1. The fraction of sp³-hybridized carbons (Fsp3) is 0.293. The monoisotopic (exact) mass is 900 g/mol. The van der Waals surface area contributed by atoms with E-state index < -0.39 is 28.9 Å². The number of fused-ring (bicyclic) bond motifs is 3. The van der Waals surface area contributed by atoms with Gasteiger partial charge in [0.2, 0.25) is 0 Å². The summed E-state index contributed by atoms with van der Waals surface area (Å²) in [5.74, 6) is 0. The quantitative estimate of drug-likeness (QED) is 0.173. The van der Waals surface area contributed by atoms with Crippen molar-refractivity contribution >= 4 is 76.1 Å². The summed E-state index contributed by atoms with van der Waals surface area (Å²) in [5, 5.41) is 0. The fourth-order valence-corrected chi connectivity index (χ4v) is 15.4. The van der Waals surface area contributed by atoms with Gasteiger partial charge in [-0.25, -0.2) is 0 Å². The molecule has 50 heavy (non-hydrogen) atoms. The number of benzene rings is 4. The average molecular weight is 906 g/mol. The van der Waals surface area contributed by atoms with Gasteiger partial charge in [-0.05, 0) is 0 Å². The minimum atomic E-state index is -2.99. The van der Waals surface area contributed by atoms with E-state index in [9.17, 15) is 0 Å². The van der Waals surface area contributed by atoms with Crippen LogP contribution in [0.2, 0.25) is 0 Å². The molecule has 262 valence electrons. The summed E-state index contributed by atoms with van der Waals surface area (Å²) in [6.45, 7) is 13.8. The minimum absolute atomic E-state index is 0. The molecule has 0 nitrogen and oxygen atoms in total. The Morgan fingerprint density at radius 1 is 0.580 bits per heavy atom. The first-order chi connectivity index (χ1) is 22.3. The van der Waals surface area contributed by atoms with Crippen molar-refractivity contribution in [1.82, 2.24) is 0 Å². The second-order valence-electron chi connectivity index (χ2n) is 14.8. The molecule has 0 atom stereocenters. The summed E-state index contributed by atoms with van der Waals surface area (Å²) in [6.07, 6.45) is 8.71. The molecule has 0 unspecified atom stereocenters. The molecule has 4 aromatic rings. The number of alkyl halides is 6. The van der Waals surface area contributed by atoms with Gasteiger partial charge >= 0.3 is 326 Å². The van der Waals surface area contributed by atoms with E-state index >= 15 is 0 Å². The minimum Gasteiger partial charge on any atom is -1.00 e. The van der Waals surface area contributed by atoms with Crippen LogP contribution >= 0.6 is 69.6 Å². The number of hydrogen-bond acceptors (Lipinski definition) is 0. The summed E-state index contributed by atoms with van der Waals surface area (Å²) < 4.78 is 1.35. The van der Waals surface area contributed by atoms with E-state index in [2.05, 4.69) is 114 Å². The molecule has 0 aromatic heterocycles. The number of hydrogen-bond donors (Lipinski definition) is 0. The summed E-state index contributed by atoms with van der Waals surface area (Å²) in [7, 11) is 0. The Hall–Kier alpha value is -0.567. The van der Waals surface area contributed by atoms with Crippen LogP contribution in [0.3, 0.4) is 0 Å². The molecule has 2 aliphatic carbocycles. The summed E-state index contributed by atoms with van der Waals surface area (Å²) in [4.78, 5) is 0. The van der Waals surface area contributed by atoms with E-state index in [-0.39, 0.29) is 35.6 Å². The van der Waals surface area contributed by atoms with Gasteiger partial charge in [-0.2, -0.15) is 0 Å². The van der Waals surface area contributed by atoms with Gasteiger partial charge in [0, 0.05) is 0 Å². The van der Waals surface area contributed by atoms with E-state index in [0.717, 1.165) is 24.0 Å². The summed E-state index contributed by atoms with van der Waals surface area (Å²) in [6, 6.07) is 28.3. The Labute approximate surface area is 347 Å². The van der Waals surface area contributed by atoms with Crippen molar-refractivity contribution in [3.05, 3.63) is 145 Å². The molecule has 0 spiro atoms. The first-order valence-corrected chi connectivity index (χ1v) is 22.0. The van der Waals surface area contributed by atoms with Gasteiger partial charge in [-0.15, -0.1) is 0 Å². The molecule has 0 radical (unpaired) electrons. The molecule has 0 fully saturated rings. The number of allylic oxidation sites excluding steroid dienone is 4. The molecule has 0 bridgehead atoms. The van der Waals surface area contributed by atoms with Crippen LogP contribution in [0.5, 0.6) is 0 Å². The Morgan fingerprint density at radius 3 is 1.50 bits per heavy atom. The molecule has 6 rings (SSSR count). The van der Waals surface area contributed by atoms with Gasteiger partial charge in [-0.3, -0.25) is 0 Å². The summed E-state index contributed by atoms with van der Waals surface area (Å²) >= 11 is 34.9. The molecule has 0 heterocycles. The number of halogens is 8. The van der Waals surface area contributed by atoms with Crippen LogP contribution in [-0.2, 0) is 46.1 Å². The van der Waals surface area contributed by atoms with Gasteiger partial charge in [0.1, 0.15) is 0 Å². The fourth-order valence-electron chi connectivity index (χ4n) is 6.61. The Kier molecular flexibility index (Phi) is 13.2. The third-order valence-corrected chi connectivity index (χ3v) is 18.2. The largest absolute Gasteiger partial charge is 1.00 e. The van der Waals surface area contributed by atoms with Gasteiger partial charge in [0.05, 0.1) is 0 Å². The van der Waals surface area contributed by atoms with Crippen molar-refractivity contribution in [2.24, 2.45) is 0 Å². The Morgan fingerprint density at radius 2 is 1.06 bits per heavy atom. The predicted octanol–water partition coefficient (Wildman–Crippen LogP) is 6.87. The standard InChI is InChI=1S/C21H25.C15H8Cl6.C5H5.2ClH.Zr/c1-20(2,3)16-9-7-14-11-15-8-10-17(21(4,5)6)13-19(15)18(14)12-16;16-14(17,18)12-5-1-10(2-6-12)9-11-3-7-13(8-4-11)15(19,20)21;1-2-4-5-3-1;;;/h7,9-10,12-13H,11H2,1-6H3;1-8H;1-3H,4H2;2*1H;/q;;;;;+2/p-2. The van der Waals surface area contributed by atoms with Gasteiger partial charge in [0.15, 0.2) is 0 Å². The van der Waals surface area contributed by atoms with Crippen molar-refractivity contribution in [2.45, 2.75) is 72.8 Å². The summed E-state index contributed by atoms with van der Waals surface area (Å²) in [5.41, 5.74) is 11.8. The van der Waals surface area contributed by atoms with Crippen LogP contribution in [0.15, 0.2) is 100 Å². The maximum Gasteiger partial charge on any atom is -1.00 e. The molecule has 0 aliphatic heterocycles. The molecule has 0 amide bonds. The third kappa shape index (κ3) is 8.86. The van der Waals surface area contributed by atoms with E-state index in [1.165, 1.54) is 43.1 Å². The molecular weight excluding hydrogens is 867 g/mol. The van der Waals surface area contributed by atoms with Crippen LogP contribution in [0.25, 0.3) is 11.1 Å². The molecule has 0 saturated heterocycles. The third-order valence-electron chi connectivity index (χ3n) is 9.36. The van der Waals surface area contributed by atoms with E-state index in [4.69, 9.17) is 69.6 Å². The molecule has 4 aromatic carbocycles. The number of rotatable bonds is 4. The zero-order valence-electron chi connectivity index (χ0n) is 28.7. The molecule has 0 N–H and O–H groups in total. The van der Waals surface area contributed by atoms with Crippen LogP contribution in [0.4, 0.5) is 0 Å². The van der Waals surface area contributed by atoms with E-state index in [0.29, 0.717) is 11.1 Å². The zero-order valence-corrected chi connectivity index (χ0v) is 37.2. The van der Waals surface area contributed by atoms with Crippen LogP contribution in [-0.4, -0.2) is 3.21 Å². The maximum absolute atomic E-state index is 6.32. The van der Waals surface area contributed by atoms with Gasteiger partial charge in [0.25, 0.3) is 0 Å². The predicted molar refractivity (Wildman–Crippen MR) is 208 cm³/mol. The second kappa shape index (κ2) is 15.7. The Bertz CT molecular complexity index is 1920. The van der Waals surface area contributed by atoms with Crippen LogP contribution in [0.1, 0.15) is 92.5 Å². The maximum atomic E-state index is 6.32. The van der Waals surface area contributed by atoms with Crippen molar-refractivity contribution in [1.29, 1.82) is 0 Å². The van der Waals surface area contributed by atoms with Crippen LogP contribution in [0, 0.1) is 0 Å². The normalized spacial score (nSPS) is 13.8. The average Bonchev–Trinajstić information content (AvgIpc) is 3.66. The molecule has 0 saturated carbocycles. The van der Waals surface area contributed by atoms with Crippen molar-refractivity contribution in [3.63, 3.8) is 0 Å². The Balaban J connectivity index is 0.00000281. The van der Waals surface area contributed by atoms with E-state index in [1.54, 1.807) is 0 Å². The molecule has 2 aliphatic rings. The zero-order chi connectivity index (χ0) is 34.8. The van der Waals surface area contributed by atoms with Gasteiger partial charge in [-0.1, -0.05) is 0 Å². The molecule has 9 heteroatoms. The van der Waals surface area contributed by atoms with E-state index in [1.807, 2.05) is 24.3 Å². The van der Waals surface area contributed by atoms with Crippen molar-refractivity contribution < 1.29 is 46.1 Å². The van der Waals surface area contributed by atoms with Crippen molar-refractivity contribution in [3.8, 4) is 11.1 Å². The van der Waals surface area contributed by atoms with Crippen LogP contribution < -0.4 is 28.1 Å². The SMILES string of the molecule is CC(C)(C)c1ccc2c(c1)-c1cc(C(C)(C)C)c[c]([Zr+2]([C]3=CC=CC3)=[C](c3ccc(C(Cl)(Cl)Cl)cc3)c3ccc(C(Cl)(Cl)Cl)cc3)c1C2.[Cl-].[Cl-].